The topological polar surface area (TPSA) is 349 Å². The fourth-order valence-electron chi connectivity index (χ4n) is 6.28. The van der Waals surface area contributed by atoms with E-state index in [-0.39, 0.29) is 11.3 Å². The minimum atomic E-state index is -1.99. The molecule has 54 heavy (non-hydrogen) atoms. The number of phenolic OH excluding ortho intramolecular Hbond substituents is 3. The van der Waals surface area contributed by atoms with Gasteiger partial charge in [0.25, 0.3) is 0 Å². The first-order chi connectivity index (χ1) is 25.6. The lowest BCUT2D eigenvalue weighted by atomic mass is 9.97. The molecule has 21 nitrogen and oxygen atoms in total. The van der Waals surface area contributed by atoms with Crippen LogP contribution in [0.3, 0.4) is 0 Å². The maximum Gasteiger partial charge on any atom is 0.239 e. The maximum atomic E-state index is 14.2. The molecule has 6 rings (SSSR count). The van der Waals surface area contributed by atoms with Crippen LogP contribution in [0, 0.1) is 0 Å². The Labute approximate surface area is 303 Å². The van der Waals surface area contributed by atoms with Crippen molar-refractivity contribution in [3.63, 3.8) is 0 Å². The molecule has 0 saturated carbocycles. The number of aliphatic hydroxyl groups is 10. The van der Waals surface area contributed by atoms with E-state index in [1.165, 1.54) is 13.0 Å². The van der Waals surface area contributed by atoms with Crippen molar-refractivity contribution in [1.82, 2.24) is 0 Å². The van der Waals surface area contributed by atoms with Gasteiger partial charge < -0.3 is 99.2 Å². The van der Waals surface area contributed by atoms with E-state index in [9.17, 15) is 71.2 Å². The zero-order chi connectivity index (χ0) is 39.3. The lowest BCUT2D eigenvalue weighted by Crippen LogP contribution is -2.64. The third-order valence-corrected chi connectivity index (χ3v) is 9.40. The standard InChI is InChI=1S/C33H40O21/c1-9-19(39)23(43)26(46)31(48-9)54-30-25(45)21(41)17(8-35)52-33(30)53-29-22(42)18-14(38)5-11(49-32-27(47)24(44)20(40)16(7-34)51-32)6-15(18)50-28(29)10-2-3-12(36)13(37)4-10/h2-6,9,16-17,19-21,23-27,30-41,43-47H,7-8H2,1H3/t9-,16+,17+,19-,20+,21-,23+,24-,25-,26+,27+,30+,31-,32+,33-/m0/s1. The van der Waals surface area contributed by atoms with Crippen LogP contribution in [0.1, 0.15) is 6.92 Å². The van der Waals surface area contributed by atoms with E-state index >= 15 is 0 Å². The number of rotatable bonds is 9. The van der Waals surface area contributed by atoms with Gasteiger partial charge in [0.2, 0.25) is 23.8 Å². The summed E-state index contributed by atoms with van der Waals surface area (Å²) < 4.78 is 39.7. The summed E-state index contributed by atoms with van der Waals surface area (Å²) in [4.78, 5) is 14.2. The summed E-state index contributed by atoms with van der Waals surface area (Å²) in [7, 11) is 0. The molecular weight excluding hydrogens is 732 g/mol. The summed E-state index contributed by atoms with van der Waals surface area (Å²) in [6.07, 6.45) is -25.8. The van der Waals surface area contributed by atoms with Gasteiger partial charge in [0.05, 0.1) is 19.3 Å². The fourth-order valence-corrected chi connectivity index (χ4v) is 6.28. The minimum absolute atomic E-state index is 0.136. The van der Waals surface area contributed by atoms with Crippen molar-refractivity contribution in [2.75, 3.05) is 13.2 Å². The quantitative estimate of drug-likeness (QED) is 0.0917. The van der Waals surface area contributed by atoms with Crippen molar-refractivity contribution in [1.29, 1.82) is 0 Å². The van der Waals surface area contributed by atoms with E-state index in [0.29, 0.717) is 0 Å². The van der Waals surface area contributed by atoms with Crippen molar-refractivity contribution in [2.45, 2.75) is 99.0 Å². The van der Waals surface area contributed by atoms with Gasteiger partial charge in [-0.15, -0.1) is 0 Å². The Hall–Kier alpha value is -3.91. The first-order valence-corrected chi connectivity index (χ1v) is 16.5. The molecule has 3 fully saturated rings. The number of phenols is 3. The molecule has 0 aliphatic carbocycles. The molecule has 3 aliphatic rings. The smallest absolute Gasteiger partial charge is 0.239 e. The molecule has 0 bridgehead atoms. The minimum Gasteiger partial charge on any atom is -0.507 e. The second kappa shape index (κ2) is 15.7. The van der Waals surface area contributed by atoms with Crippen LogP contribution in [0.4, 0.5) is 0 Å². The summed E-state index contributed by atoms with van der Waals surface area (Å²) >= 11 is 0. The molecule has 13 N–H and O–H groups in total. The van der Waals surface area contributed by atoms with Gasteiger partial charge in [-0.1, -0.05) is 0 Å². The Kier molecular flexibility index (Phi) is 11.5. The Morgan fingerprint density at radius 1 is 0.630 bits per heavy atom. The average molecular weight is 773 g/mol. The monoisotopic (exact) mass is 772 g/mol. The Balaban J connectivity index is 1.43. The van der Waals surface area contributed by atoms with Crippen LogP contribution in [0.2, 0.25) is 0 Å². The molecule has 2 aromatic carbocycles. The largest absolute Gasteiger partial charge is 0.507 e. The molecule has 298 valence electrons. The van der Waals surface area contributed by atoms with E-state index < -0.39 is 150 Å². The number of hydrogen-bond acceptors (Lipinski definition) is 21. The second-order valence-electron chi connectivity index (χ2n) is 13.0. The van der Waals surface area contributed by atoms with Gasteiger partial charge in [0, 0.05) is 17.7 Å². The summed E-state index contributed by atoms with van der Waals surface area (Å²) in [5.41, 5.74) is -1.69. The second-order valence-corrected chi connectivity index (χ2v) is 13.0. The summed E-state index contributed by atoms with van der Waals surface area (Å²) in [5, 5.41) is 134. The van der Waals surface area contributed by atoms with Crippen LogP contribution >= 0.6 is 0 Å². The molecule has 21 heteroatoms. The van der Waals surface area contributed by atoms with Crippen molar-refractivity contribution in [2.24, 2.45) is 0 Å². The molecule has 0 spiro atoms. The molecule has 0 radical (unpaired) electrons. The Morgan fingerprint density at radius 3 is 1.89 bits per heavy atom. The number of ether oxygens (including phenoxy) is 6. The molecule has 3 saturated heterocycles. The maximum absolute atomic E-state index is 14.2. The highest BCUT2D eigenvalue weighted by Crippen LogP contribution is 2.41. The average Bonchev–Trinajstić information content (AvgIpc) is 3.14. The summed E-state index contributed by atoms with van der Waals surface area (Å²) in [5.74, 6) is -3.70. The number of aliphatic hydroxyl groups excluding tert-OH is 10. The highest BCUT2D eigenvalue weighted by molar-refractivity contribution is 5.88. The van der Waals surface area contributed by atoms with Gasteiger partial charge in [-0.25, -0.2) is 0 Å². The fraction of sp³-hybridized carbons (Fsp3) is 0.545. The van der Waals surface area contributed by atoms with Gasteiger partial charge in [-0.3, -0.25) is 4.79 Å². The van der Waals surface area contributed by atoms with Crippen molar-refractivity contribution >= 4 is 11.0 Å². The van der Waals surface area contributed by atoms with Crippen LogP contribution in [-0.4, -0.2) is 172 Å². The van der Waals surface area contributed by atoms with Crippen molar-refractivity contribution < 1.29 is 99.2 Å². The molecular formula is C33H40O21. The lowest BCUT2D eigenvalue weighted by Gasteiger charge is -2.45. The van der Waals surface area contributed by atoms with Gasteiger partial charge in [-0.2, -0.15) is 0 Å². The van der Waals surface area contributed by atoms with E-state index in [1.54, 1.807) is 0 Å². The first kappa shape index (κ1) is 39.8. The SMILES string of the molecule is C[C@@H]1O[C@@H](O[C@H]2[C@H](Oc3c(-c4ccc(O)c(O)c4)oc4cc(O[C@@H]5O[C@H](CO)[C@@H](O)[C@H](O)[C@H]5O)cc(O)c4c3=O)O[C@H](CO)[C@H](O)[C@@H]2O)[C@H](O)[C@H](O)[C@H]1O. The molecule has 3 aliphatic heterocycles. The van der Waals surface area contributed by atoms with Gasteiger partial charge >= 0.3 is 0 Å². The van der Waals surface area contributed by atoms with Crippen molar-refractivity contribution in [3.8, 4) is 40.1 Å². The van der Waals surface area contributed by atoms with E-state index in [1.807, 2.05) is 0 Å². The third-order valence-electron chi connectivity index (χ3n) is 9.40. The Bertz CT molecular complexity index is 1850. The van der Waals surface area contributed by atoms with Crippen LogP contribution in [0.5, 0.6) is 28.7 Å². The molecule has 3 aromatic rings. The summed E-state index contributed by atoms with van der Waals surface area (Å²) in [6.45, 7) is -0.308. The lowest BCUT2D eigenvalue weighted by molar-refractivity contribution is -0.354. The van der Waals surface area contributed by atoms with Crippen LogP contribution in [0.15, 0.2) is 39.5 Å². The Morgan fingerprint density at radius 2 is 1.24 bits per heavy atom. The van der Waals surface area contributed by atoms with Gasteiger partial charge in [-0.05, 0) is 25.1 Å². The summed E-state index contributed by atoms with van der Waals surface area (Å²) in [6, 6.07) is 5.13. The normalized spacial score (nSPS) is 37.3. The zero-order valence-corrected chi connectivity index (χ0v) is 28.0. The van der Waals surface area contributed by atoms with Crippen LogP contribution < -0.4 is 14.9 Å². The predicted molar refractivity (Wildman–Crippen MR) is 173 cm³/mol. The van der Waals surface area contributed by atoms with Gasteiger partial charge in [0.15, 0.2) is 29.7 Å². The number of hydrogen-bond donors (Lipinski definition) is 13. The molecule has 4 heterocycles. The molecule has 0 unspecified atom stereocenters. The number of benzene rings is 2. The highest BCUT2D eigenvalue weighted by Gasteiger charge is 2.51. The molecule has 1 aromatic heterocycles. The predicted octanol–water partition coefficient (Wildman–Crippen LogP) is -4.21. The van der Waals surface area contributed by atoms with E-state index in [0.717, 1.165) is 24.3 Å². The van der Waals surface area contributed by atoms with Crippen molar-refractivity contribution in [3.05, 3.63) is 40.6 Å². The van der Waals surface area contributed by atoms with E-state index in [2.05, 4.69) is 0 Å². The zero-order valence-electron chi connectivity index (χ0n) is 28.0. The van der Waals surface area contributed by atoms with Crippen LogP contribution in [-0.2, 0) is 18.9 Å². The first-order valence-electron chi connectivity index (χ1n) is 16.5. The third kappa shape index (κ3) is 7.27. The van der Waals surface area contributed by atoms with Gasteiger partial charge in [0.1, 0.15) is 83.5 Å². The number of fused-ring (bicyclic) bond motifs is 1. The van der Waals surface area contributed by atoms with E-state index in [4.69, 9.17) is 32.8 Å². The molecule has 15 atom stereocenters. The van der Waals surface area contributed by atoms with Crippen LogP contribution in [0.25, 0.3) is 22.3 Å². The molecule has 0 amide bonds. The highest BCUT2D eigenvalue weighted by atomic mass is 16.8. The number of aromatic hydroxyl groups is 3.